The number of rotatable bonds is 1. The zero-order valence-corrected chi connectivity index (χ0v) is 6.45. The average molecular weight is 161 g/mol. The molecule has 2 unspecified atom stereocenters. The van der Waals surface area contributed by atoms with Crippen molar-refractivity contribution in [3.05, 3.63) is 0 Å². The molecule has 2 atom stereocenters. The Hall–Kier alpha value is -0.180. The lowest BCUT2D eigenvalue weighted by atomic mass is 9.81. The molecule has 2 bridgehead atoms. The van der Waals surface area contributed by atoms with Gasteiger partial charge in [0.2, 0.25) is 0 Å². The van der Waals surface area contributed by atoms with Gasteiger partial charge < -0.3 is 5.73 Å². The molecule has 0 heterocycles. The van der Waals surface area contributed by atoms with Crippen LogP contribution in [0, 0.1) is 11.3 Å². The van der Waals surface area contributed by atoms with E-state index in [0.29, 0.717) is 12.8 Å². The maximum Gasteiger partial charge on any atom is 0.255 e. The van der Waals surface area contributed by atoms with Crippen LogP contribution in [0.15, 0.2) is 0 Å². The summed E-state index contributed by atoms with van der Waals surface area (Å²) in [4.78, 5) is 0. The van der Waals surface area contributed by atoms with Crippen molar-refractivity contribution < 1.29 is 8.78 Å². The molecule has 1 nitrogen and oxygen atoms in total. The molecule has 64 valence electrons. The van der Waals surface area contributed by atoms with E-state index in [4.69, 9.17) is 5.73 Å². The van der Waals surface area contributed by atoms with E-state index in [-0.39, 0.29) is 18.9 Å². The fraction of sp³-hybridized carbons (Fsp3) is 1.00. The lowest BCUT2D eigenvalue weighted by Gasteiger charge is -2.33. The number of nitrogens with two attached hydrogens (primary N) is 1. The standard InChI is InChI=1S/C8H13F2N/c9-8(10)4-6-1-2-7(8,3-6)5-11/h6H,1-5,11H2. The molecule has 0 aliphatic heterocycles. The summed E-state index contributed by atoms with van der Waals surface area (Å²) < 4.78 is 26.4. The number of alkyl halides is 2. The van der Waals surface area contributed by atoms with Gasteiger partial charge in [0.25, 0.3) is 5.92 Å². The Kier molecular flexibility index (Phi) is 1.32. The number of fused-ring (bicyclic) bond motifs is 2. The Labute approximate surface area is 65.0 Å². The topological polar surface area (TPSA) is 26.0 Å². The van der Waals surface area contributed by atoms with E-state index < -0.39 is 11.3 Å². The summed E-state index contributed by atoms with van der Waals surface area (Å²) in [5.74, 6) is -2.21. The third-order valence-electron chi connectivity index (χ3n) is 3.42. The van der Waals surface area contributed by atoms with Crippen molar-refractivity contribution in [2.75, 3.05) is 6.54 Å². The summed E-state index contributed by atoms with van der Waals surface area (Å²) in [6.45, 7) is 0.163. The van der Waals surface area contributed by atoms with Crippen LogP contribution in [0.25, 0.3) is 0 Å². The van der Waals surface area contributed by atoms with Gasteiger partial charge in [0.1, 0.15) is 0 Å². The van der Waals surface area contributed by atoms with Gasteiger partial charge in [-0.3, -0.25) is 0 Å². The first-order valence-corrected chi connectivity index (χ1v) is 4.18. The minimum Gasteiger partial charge on any atom is -0.330 e. The number of hydrogen-bond acceptors (Lipinski definition) is 1. The molecule has 0 saturated heterocycles. The van der Waals surface area contributed by atoms with Crippen molar-refractivity contribution >= 4 is 0 Å². The highest BCUT2D eigenvalue weighted by Gasteiger charge is 2.62. The van der Waals surface area contributed by atoms with E-state index in [1.54, 1.807) is 0 Å². The van der Waals surface area contributed by atoms with E-state index in [0.717, 1.165) is 6.42 Å². The molecule has 2 aliphatic carbocycles. The second kappa shape index (κ2) is 1.94. The Balaban J connectivity index is 2.29. The van der Waals surface area contributed by atoms with E-state index >= 15 is 0 Å². The average Bonchev–Trinajstić information content (AvgIpc) is 2.41. The lowest BCUT2D eigenvalue weighted by molar-refractivity contribution is -0.105. The largest absolute Gasteiger partial charge is 0.330 e. The molecule has 0 aromatic heterocycles. The smallest absolute Gasteiger partial charge is 0.255 e. The molecule has 0 spiro atoms. The van der Waals surface area contributed by atoms with Crippen LogP contribution in [-0.4, -0.2) is 12.5 Å². The summed E-state index contributed by atoms with van der Waals surface area (Å²) in [6, 6.07) is 0. The van der Waals surface area contributed by atoms with Crippen LogP contribution in [0.3, 0.4) is 0 Å². The first kappa shape index (κ1) is 7.47. The quantitative estimate of drug-likeness (QED) is 0.623. The van der Waals surface area contributed by atoms with Crippen molar-refractivity contribution in [3.63, 3.8) is 0 Å². The summed E-state index contributed by atoms with van der Waals surface area (Å²) in [5.41, 5.74) is 4.59. The molecule has 0 aromatic rings. The molecular weight excluding hydrogens is 148 g/mol. The van der Waals surface area contributed by atoms with E-state index in [2.05, 4.69) is 0 Å². The van der Waals surface area contributed by atoms with Gasteiger partial charge in [-0.15, -0.1) is 0 Å². The van der Waals surface area contributed by atoms with Crippen LogP contribution in [0.4, 0.5) is 8.78 Å². The predicted molar refractivity (Wildman–Crippen MR) is 38.4 cm³/mol. The highest BCUT2D eigenvalue weighted by atomic mass is 19.3. The molecule has 0 radical (unpaired) electrons. The molecule has 2 aliphatic rings. The van der Waals surface area contributed by atoms with Gasteiger partial charge in [0.15, 0.2) is 0 Å². The molecule has 2 saturated carbocycles. The third-order valence-corrected chi connectivity index (χ3v) is 3.42. The van der Waals surface area contributed by atoms with Crippen LogP contribution in [0.5, 0.6) is 0 Å². The van der Waals surface area contributed by atoms with Gasteiger partial charge in [-0.05, 0) is 25.2 Å². The van der Waals surface area contributed by atoms with Gasteiger partial charge in [-0.2, -0.15) is 0 Å². The molecule has 2 rings (SSSR count). The SMILES string of the molecule is NCC12CCC(CC1(F)F)C2. The highest BCUT2D eigenvalue weighted by molar-refractivity contribution is 5.06. The summed E-state index contributed by atoms with van der Waals surface area (Å²) in [6.07, 6.45) is 2.36. The number of hydrogen-bond donors (Lipinski definition) is 1. The van der Waals surface area contributed by atoms with Crippen molar-refractivity contribution in [2.24, 2.45) is 17.1 Å². The zero-order chi connectivity index (χ0) is 8.11. The Morgan fingerprint density at radius 2 is 2.09 bits per heavy atom. The summed E-state index contributed by atoms with van der Waals surface area (Å²) in [5, 5.41) is 0. The van der Waals surface area contributed by atoms with Crippen LogP contribution < -0.4 is 5.73 Å². The second-order valence-electron chi connectivity index (χ2n) is 4.00. The Bertz CT molecular complexity index is 181. The van der Waals surface area contributed by atoms with Crippen LogP contribution >= 0.6 is 0 Å². The van der Waals surface area contributed by atoms with E-state index in [1.165, 1.54) is 0 Å². The first-order chi connectivity index (χ1) is 5.10. The van der Waals surface area contributed by atoms with Crippen LogP contribution in [0.2, 0.25) is 0 Å². The molecule has 0 amide bonds. The Morgan fingerprint density at radius 3 is 2.36 bits per heavy atom. The van der Waals surface area contributed by atoms with Crippen molar-refractivity contribution in [1.29, 1.82) is 0 Å². The van der Waals surface area contributed by atoms with Crippen LogP contribution in [-0.2, 0) is 0 Å². The maximum atomic E-state index is 13.2. The molecule has 2 fully saturated rings. The molecular formula is C8H13F2N. The van der Waals surface area contributed by atoms with Crippen molar-refractivity contribution in [3.8, 4) is 0 Å². The van der Waals surface area contributed by atoms with Gasteiger partial charge in [-0.25, -0.2) is 8.78 Å². The van der Waals surface area contributed by atoms with E-state index in [9.17, 15) is 8.78 Å². The summed E-state index contributed by atoms with van der Waals surface area (Å²) >= 11 is 0. The third kappa shape index (κ3) is 0.776. The normalized spacial score (nSPS) is 46.6. The molecule has 2 N–H and O–H groups in total. The molecule has 0 aromatic carbocycles. The first-order valence-electron chi connectivity index (χ1n) is 4.18. The maximum absolute atomic E-state index is 13.2. The minimum absolute atomic E-state index is 0.0875. The van der Waals surface area contributed by atoms with Gasteiger partial charge in [0.05, 0.1) is 0 Å². The minimum atomic E-state index is -2.47. The molecule has 11 heavy (non-hydrogen) atoms. The van der Waals surface area contributed by atoms with Gasteiger partial charge >= 0.3 is 0 Å². The van der Waals surface area contributed by atoms with Gasteiger partial charge in [0, 0.05) is 18.4 Å². The highest BCUT2D eigenvalue weighted by Crippen LogP contribution is 2.61. The lowest BCUT2D eigenvalue weighted by Crippen LogP contribution is -2.42. The Morgan fingerprint density at radius 1 is 1.36 bits per heavy atom. The fourth-order valence-corrected chi connectivity index (χ4v) is 2.66. The zero-order valence-electron chi connectivity index (χ0n) is 6.45. The van der Waals surface area contributed by atoms with E-state index in [1.807, 2.05) is 0 Å². The van der Waals surface area contributed by atoms with Crippen LogP contribution in [0.1, 0.15) is 25.7 Å². The number of halogens is 2. The molecule has 3 heteroatoms. The second-order valence-corrected chi connectivity index (χ2v) is 4.00. The monoisotopic (exact) mass is 161 g/mol. The van der Waals surface area contributed by atoms with Crippen molar-refractivity contribution in [2.45, 2.75) is 31.6 Å². The van der Waals surface area contributed by atoms with Gasteiger partial charge in [-0.1, -0.05) is 0 Å². The summed E-state index contributed by atoms with van der Waals surface area (Å²) in [7, 11) is 0. The fourth-order valence-electron chi connectivity index (χ4n) is 2.66. The predicted octanol–water partition coefficient (Wildman–Crippen LogP) is 1.77. The van der Waals surface area contributed by atoms with Crippen molar-refractivity contribution in [1.82, 2.24) is 0 Å².